The molecule has 0 saturated heterocycles. The largest absolute Gasteiger partial charge is 0.454 e. The van der Waals surface area contributed by atoms with Crippen LogP contribution in [0.5, 0.6) is 0 Å². The molecule has 0 radical (unpaired) electrons. The predicted octanol–water partition coefficient (Wildman–Crippen LogP) is 4.62. The van der Waals surface area contributed by atoms with Gasteiger partial charge in [0, 0.05) is 6.42 Å². The van der Waals surface area contributed by atoms with E-state index in [1.54, 1.807) is 6.92 Å². The van der Waals surface area contributed by atoms with E-state index in [1.807, 2.05) is 91.0 Å². The van der Waals surface area contributed by atoms with Gasteiger partial charge in [0.1, 0.15) is 0 Å². The van der Waals surface area contributed by atoms with Crippen molar-refractivity contribution >= 4 is 5.97 Å². The van der Waals surface area contributed by atoms with Crippen molar-refractivity contribution in [1.82, 2.24) is 0 Å². The summed E-state index contributed by atoms with van der Waals surface area (Å²) < 4.78 is 5.77. The molecule has 3 nitrogen and oxygen atoms in total. The highest BCUT2D eigenvalue weighted by Gasteiger charge is 2.43. The first-order valence-electron chi connectivity index (χ1n) is 8.74. The fraction of sp³-hybridized carbons (Fsp3) is 0.174. The first-order valence-corrected chi connectivity index (χ1v) is 8.74. The van der Waals surface area contributed by atoms with Gasteiger partial charge < -0.3 is 9.84 Å². The van der Waals surface area contributed by atoms with E-state index in [-0.39, 0.29) is 12.4 Å². The van der Waals surface area contributed by atoms with Crippen LogP contribution in [-0.4, -0.2) is 11.1 Å². The second kappa shape index (κ2) is 7.98. The van der Waals surface area contributed by atoms with E-state index in [4.69, 9.17) is 4.74 Å². The molecular weight excluding hydrogens is 324 g/mol. The number of benzene rings is 3. The molecule has 3 aromatic rings. The monoisotopic (exact) mass is 346 g/mol. The summed E-state index contributed by atoms with van der Waals surface area (Å²) in [5.41, 5.74) is 0.576. The topological polar surface area (TPSA) is 46.5 Å². The third-order valence-electron chi connectivity index (χ3n) is 4.45. The number of ether oxygens (including phenoxy) is 1. The molecule has 3 aromatic carbocycles. The maximum atomic E-state index is 12.2. The van der Waals surface area contributed by atoms with Gasteiger partial charge in [0.2, 0.25) is 0 Å². The predicted molar refractivity (Wildman–Crippen MR) is 101 cm³/mol. The molecule has 0 aliphatic rings. The van der Waals surface area contributed by atoms with Gasteiger partial charge in [-0.15, -0.1) is 0 Å². The summed E-state index contributed by atoms with van der Waals surface area (Å²) in [6.45, 7) is 1.74. The van der Waals surface area contributed by atoms with Crippen molar-refractivity contribution in [1.29, 1.82) is 0 Å². The second-order valence-electron chi connectivity index (χ2n) is 6.13. The van der Waals surface area contributed by atoms with Gasteiger partial charge in [0.25, 0.3) is 0 Å². The minimum atomic E-state index is -1.51. The van der Waals surface area contributed by atoms with E-state index < -0.39 is 11.7 Å². The maximum absolute atomic E-state index is 12.2. The number of carbonyl (C=O) groups is 1. The summed E-state index contributed by atoms with van der Waals surface area (Å²) in [6, 6.07) is 28.0. The number of hydrogen-bond acceptors (Lipinski definition) is 3. The van der Waals surface area contributed by atoms with E-state index in [0.717, 1.165) is 5.56 Å². The lowest BCUT2D eigenvalue weighted by atomic mass is 9.79. The van der Waals surface area contributed by atoms with Gasteiger partial charge in [-0.05, 0) is 16.7 Å². The number of hydrogen-bond donors (Lipinski definition) is 1. The first-order chi connectivity index (χ1) is 12.7. The maximum Gasteiger partial charge on any atom is 0.306 e. The number of esters is 1. The van der Waals surface area contributed by atoms with Crippen molar-refractivity contribution in [3.05, 3.63) is 108 Å². The first kappa shape index (κ1) is 17.9. The Kier molecular flexibility index (Phi) is 5.49. The third kappa shape index (κ3) is 3.53. The Morgan fingerprint density at radius 3 is 1.69 bits per heavy atom. The van der Waals surface area contributed by atoms with Gasteiger partial charge in [-0.3, -0.25) is 4.79 Å². The minimum Gasteiger partial charge on any atom is -0.454 e. The zero-order valence-corrected chi connectivity index (χ0v) is 14.7. The molecule has 0 saturated carbocycles. The van der Waals surface area contributed by atoms with Crippen LogP contribution in [0.15, 0.2) is 91.0 Å². The summed E-state index contributed by atoms with van der Waals surface area (Å²) in [6.07, 6.45) is -0.621. The molecule has 26 heavy (non-hydrogen) atoms. The van der Waals surface area contributed by atoms with Crippen LogP contribution in [0.4, 0.5) is 0 Å². The Morgan fingerprint density at radius 1 is 0.846 bits per heavy atom. The van der Waals surface area contributed by atoms with Gasteiger partial charge >= 0.3 is 5.97 Å². The van der Waals surface area contributed by atoms with E-state index in [9.17, 15) is 9.90 Å². The van der Waals surface area contributed by atoms with Crippen LogP contribution in [0, 0.1) is 0 Å². The number of rotatable bonds is 6. The Hall–Kier alpha value is -2.91. The molecular formula is C23H22O3. The second-order valence-corrected chi connectivity index (χ2v) is 6.13. The molecule has 1 atom stereocenters. The lowest BCUT2D eigenvalue weighted by molar-refractivity contribution is -0.163. The van der Waals surface area contributed by atoms with Gasteiger partial charge in [-0.2, -0.15) is 0 Å². The zero-order valence-electron chi connectivity index (χ0n) is 14.7. The minimum absolute atomic E-state index is 0.239. The van der Waals surface area contributed by atoms with Gasteiger partial charge in [-0.1, -0.05) is 97.9 Å². The molecule has 0 aromatic heterocycles. The Morgan fingerprint density at radius 2 is 1.27 bits per heavy atom. The summed E-state index contributed by atoms with van der Waals surface area (Å²) in [4.78, 5) is 12.2. The fourth-order valence-corrected chi connectivity index (χ4v) is 3.09. The molecule has 132 valence electrons. The van der Waals surface area contributed by atoms with Crippen LogP contribution in [0.2, 0.25) is 0 Å². The smallest absolute Gasteiger partial charge is 0.306 e. The van der Waals surface area contributed by atoms with Gasteiger partial charge in [0.15, 0.2) is 11.7 Å². The van der Waals surface area contributed by atoms with Crippen molar-refractivity contribution in [2.75, 3.05) is 0 Å². The van der Waals surface area contributed by atoms with E-state index in [2.05, 4.69) is 0 Å². The number of carbonyl (C=O) groups excluding carboxylic acids is 1. The summed E-state index contributed by atoms with van der Waals surface area (Å²) in [5.74, 6) is -0.357. The molecule has 0 aliphatic heterocycles. The molecule has 0 aliphatic carbocycles. The van der Waals surface area contributed by atoms with E-state index in [1.165, 1.54) is 0 Å². The zero-order chi connectivity index (χ0) is 18.4. The molecule has 0 amide bonds. The normalized spacial score (nSPS) is 12.4. The van der Waals surface area contributed by atoms with Gasteiger partial charge in [-0.25, -0.2) is 0 Å². The molecule has 3 rings (SSSR count). The molecule has 0 bridgehead atoms. The van der Waals surface area contributed by atoms with Crippen LogP contribution in [0.1, 0.15) is 36.1 Å². The van der Waals surface area contributed by atoms with Crippen molar-refractivity contribution in [3.8, 4) is 0 Å². The highest BCUT2D eigenvalue weighted by atomic mass is 16.6. The van der Waals surface area contributed by atoms with Crippen molar-refractivity contribution in [3.63, 3.8) is 0 Å². The highest BCUT2D eigenvalue weighted by Crippen LogP contribution is 2.43. The van der Waals surface area contributed by atoms with Crippen molar-refractivity contribution in [2.45, 2.75) is 25.0 Å². The fourth-order valence-electron chi connectivity index (χ4n) is 3.09. The van der Waals surface area contributed by atoms with Crippen molar-refractivity contribution in [2.24, 2.45) is 0 Å². The standard InChI is InChI=1S/C23H22O3/c1-2-21(24)26-22(18-12-6-3-7-13-18)23(25,19-14-8-4-9-15-19)20-16-10-5-11-17-20/h3-17,22,25H,2H2,1H3/t22-/m0/s1. The Bertz CT molecular complexity index is 790. The Balaban J connectivity index is 2.21. The lowest BCUT2D eigenvalue weighted by Crippen LogP contribution is -2.37. The average molecular weight is 346 g/mol. The van der Waals surface area contributed by atoms with Crippen LogP contribution in [0.25, 0.3) is 0 Å². The van der Waals surface area contributed by atoms with Crippen LogP contribution >= 0.6 is 0 Å². The van der Waals surface area contributed by atoms with Crippen LogP contribution in [0.3, 0.4) is 0 Å². The molecule has 0 heterocycles. The lowest BCUT2D eigenvalue weighted by Gasteiger charge is -2.37. The quantitative estimate of drug-likeness (QED) is 0.663. The SMILES string of the molecule is CCC(=O)O[C@@H](c1ccccc1)C(O)(c1ccccc1)c1ccccc1. The van der Waals surface area contributed by atoms with Crippen molar-refractivity contribution < 1.29 is 14.6 Å². The average Bonchev–Trinajstić information content (AvgIpc) is 2.73. The van der Waals surface area contributed by atoms with E-state index >= 15 is 0 Å². The summed E-state index contributed by atoms with van der Waals surface area (Å²) in [7, 11) is 0. The molecule has 1 N–H and O–H groups in total. The van der Waals surface area contributed by atoms with Crippen LogP contribution < -0.4 is 0 Å². The van der Waals surface area contributed by atoms with Gasteiger partial charge in [0.05, 0.1) is 0 Å². The highest BCUT2D eigenvalue weighted by molar-refractivity contribution is 5.69. The summed E-state index contributed by atoms with van der Waals surface area (Å²) in [5, 5.41) is 11.9. The number of aliphatic hydroxyl groups is 1. The van der Waals surface area contributed by atoms with Crippen LogP contribution in [-0.2, 0) is 15.1 Å². The Labute approximate surface area is 153 Å². The summed E-state index contributed by atoms with van der Waals surface area (Å²) >= 11 is 0. The molecule has 0 unspecified atom stereocenters. The molecule has 0 fully saturated rings. The van der Waals surface area contributed by atoms with E-state index in [0.29, 0.717) is 11.1 Å². The molecule has 3 heteroatoms. The third-order valence-corrected chi connectivity index (χ3v) is 4.45. The molecule has 0 spiro atoms.